The van der Waals surface area contributed by atoms with Gasteiger partial charge in [-0.2, -0.15) is 5.26 Å². The largest absolute Gasteiger partial charge is 0.399 e. The van der Waals surface area contributed by atoms with Gasteiger partial charge in [0.15, 0.2) is 0 Å². The highest BCUT2D eigenvalue weighted by atomic mass is 32.2. The minimum Gasteiger partial charge on any atom is -0.399 e. The summed E-state index contributed by atoms with van der Waals surface area (Å²) in [4.78, 5) is 0.787. The molecule has 90 valence electrons. The lowest BCUT2D eigenvalue weighted by molar-refractivity contribution is 0.625. The number of rotatable bonds is 3. The molecule has 0 aliphatic rings. The van der Waals surface area contributed by atoms with E-state index in [0.717, 1.165) is 10.5 Å². The standard InChI is InChI=1S/C14H11FN2S/c15-12-5-13(17)7-14(6-12)18-9-11-3-1-2-10(4-11)8-16/h1-7H,9,17H2. The van der Waals surface area contributed by atoms with Crippen molar-refractivity contribution in [1.29, 1.82) is 5.26 Å². The molecule has 0 amide bonds. The van der Waals surface area contributed by atoms with E-state index in [4.69, 9.17) is 11.0 Å². The number of hydrogen-bond acceptors (Lipinski definition) is 3. The van der Waals surface area contributed by atoms with Crippen LogP contribution in [0.1, 0.15) is 11.1 Å². The lowest BCUT2D eigenvalue weighted by Crippen LogP contribution is -1.88. The summed E-state index contributed by atoms with van der Waals surface area (Å²) in [6.07, 6.45) is 0. The zero-order valence-electron chi connectivity index (χ0n) is 9.56. The average Bonchev–Trinajstić information content (AvgIpc) is 2.35. The molecule has 0 saturated heterocycles. The summed E-state index contributed by atoms with van der Waals surface area (Å²) in [5, 5.41) is 8.80. The van der Waals surface area contributed by atoms with Crippen molar-refractivity contribution < 1.29 is 4.39 Å². The van der Waals surface area contributed by atoms with Gasteiger partial charge >= 0.3 is 0 Å². The van der Waals surface area contributed by atoms with Gasteiger partial charge in [0.25, 0.3) is 0 Å². The molecule has 4 heteroatoms. The molecule has 0 aromatic heterocycles. The van der Waals surface area contributed by atoms with Gasteiger partial charge in [0.05, 0.1) is 11.6 Å². The second-order valence-corrected chi connectivity index (χ2v) is 4.87. The number of nitrogens with zero attached hydrogens (tertiary/aromatic N) is 1. The third-order valence-corrected chi connectivity index (χ3v) is 3.40. The van der Waals surface area contributed by atoms with E-state index in [9.17, 15) is 4.39 Å². The maximum atomic E-state index is 13.1. The zero-order valence-corrected chi connectivity index (χ0v) is 10.4. The van der Waals surface area contributed by atoms with Crippen LogP contribution in [0.3, 0.4) is 0 Å². The summed E-state index contributed by atoms with van der Waals surface area (Å²) in [7, 11) is 0. The van der Waals surface area contributed by atoms with Crippen LogP contribution in [-0.2, 0) is 5.75 Å². The molecule has 0 radical (unpaired) electrons. The first-order valence-electron chi connectivity index (χ1n) is 5.35. The van der Waals surface area contributed by atoms with Gasteiger partial charge in [-0.3, -0.25) is 0 Å². The van der Waals surface area contributed by atoms with Crippen molar-refractivity contribution in [2.75, 3.05) is 5.73 Å². The van der Waals surface area contributed by atoms with Crippen molar-refractivity contribution in [3.8, 4) is 6.07 Å². The number of hydrogen-bond donors (Lipinski definition) is 1. The van der Waals surface area contributed by atoms with Crippen LogP contribution in [0.25, 0.3) is 0 Å². The number of nitrogen functional groups attached to an aromatic ring is 1. The maximum absolute atomic E-state index is 13.1. The smallest absolute Gasteiger partial charge is 0.126 e. The Bertz CT molecular complexity index is 585. The second kappa shape index (κ2) is 5.56. The Kier molecular flexibility index (Phi) is 3.85. The van der Waals surface area contributed by atoms with Crippen molar-refractivity contribution in [2.24, 2.45) is 0 Å². The highest BCUT2D eigenvalue weighted by molar-refractivity contribution is 7.98. The topological polar surface area (TPSA) is 49.8 Å². The van der Waals surface area contributed by atoms with Crippen molar-refractivity contribution in [2.45, 2.75) is 10.6 Å². The molecule has 2 aromatic rings. The van der Waals surface area contributed by atoms with Crippen LogP contribution in [-0.4, -0.2) is 0 Å². The molecule has 2 nitrogen and oxygen atoms in total. The SMILES string of the molecule is N#Cc1cccc(CSc2cc(N)cc(F)c2)c1. The molecular formula is C14H11FN2S. The fourth-order valence-electron chi connectivity index (χ4n) is 1.57. The first-order chi connectivity index (χ1) is 8.67. The molecule has 2 rings (SSSR count). The molecule has 0 saturated carbocycles. The molecule has 0 heterocycles. The van der Waals surface area contributed by atoms with Crippen molar-refractivity contribution >= 4 is 17.4 Å². The molecule has 0 bridgehead atoms. The molecule has 2 N–H and O–H groups in total. The third kappa shape index (κ3) is 3.25. The third-order valence-electron chi connectivity index (χ3n) is 2.36. The highest BCUT2D eigenvalue weighted by Gasteiger charge is 2.01. The van der Waals surface area contributed by atoms with E-state index in [0.29, 0.717) is 17.0 Å². The monoisotopic (exact) mass is 258 g/mol. The summed E-state index contributed by atoms with van der Waals surface area (Å²) in [6, 6.07) is 13.9. The molecule has 0 fully saturated rings. The lowest BCUT2D eigenvalue weighted by atomic mass is 10.2. The van der Waals surface area contributed by atoms with E-state index >= 15 is 0 Å². The number of halogens is 1. The molecule has 2 aromatic carbocycles. The summed E-state index contributed by atoms with van der Waals surface area (Å²) in [5.41, 5.74) is 7.66. The Morgan fingerprint density at radius 1 is 1.22 bits per heavy atom. The summed E-state index contributed by atoms with van der Waals surface area (Å²) < 4.78 is 13.1. The van der Waals surface area contributed by atoms with E-state index < -0.39 is 0 Å². The van der Waals surface area contributed by atoms with Crippen molar-refractivity contribution in [1.82, 2.24) is 0 Å². The Morgan fingerprint density at radius 3 is 2.78 bits per heavy atom. The highest BCUT2D eigenvalue weighted by Crippen LogP contribution is 2.25. The van der Waals surface area contributed by atoms with Crippen LogP contribution in [0, 0.1) is 17.1 Å². The molecule has 18 heavy (non-hydrogen) atoms. The Labute approximate surface area is 109 Å². The van der Waals surface area contributed by atoms with Gasteiger partial charge in [-0.25, -0.2) is 4.39 Å². The van der Waals surface area contributed by atoms with Gasteiger partial charge < -0.3 is 5.73 Å². The van der Waals surface area contributed by atoms with E-state index in [1.165, 1.54) is 23.9 Å². The van der Waals surface area contributed by atoms with Gasteiger partial charge in [0, 0.05) is 16.3 Å². The van der Waals surface area contributed by atoms with Crippen molar-refractivity contribution in [3.05, 3.63) is 59.4 Å². The van der Waals surface area contributed by atoms with E-state index in [-0.39, 0.29) is 5.82 Å². The Balaban J connectivity index is 2.09. The van der Waals surface area contributed by atoms with Crippen LogP contribution in [0.4, 0.5) is 10.1 Å². The molecule has 0 atom stereocenters. The fraction of sp³-hybridized carbons (Fsp3) is 0.0714. The van der Waals surface area contributed by atoms with Gasteiger partial charge in [-0.05, 0) is 35.9 Å². The van der Waals surface area contributed by atoms with Crippen LogP contribution in [0.15, 0.2) is 47.4 Å². The predicted octanol–water partition coefficient (Wildman–Crippen LogP) is 3.57. The summed E-state index contributed by atoms with van der Waals surface area (Å²) in [5.74, 6) is 0.349. The van der Waals surface area contributed by atoms with E-state index in [1.807, 2.05) is 18.2 Å². The van der Waals surface area contributed by atoms with Gasteiger partial charge in [-0.1, -0.05) is 12.1 Å². The number of nitriles is 1. The van der Waals surface area contributed by atoms with E-state index in [1.54, 1.807) is 12.1 Å². The van der Waals surface area contributed by atoms with Crippen LogP contribution in [0.2, 0.25) is 0 Å². The lowest BCUT2D eigenvalue weighted by Gasteiger charge is -2.04. The normalized spacial score (nSPS) is 10.0. The minimum atomic E-state index is -0.330. The van der Waals surface area contributed by atoms with Crippen LogP contribution >= 0.6 is 11.8 Å². The average molecular weight is 258 g/mol. The molecule has 0 aliphatic heterocycles. The Morgan fingerprint density at radius 2 is 2.06 bits per heavy atom. The second-order valence-electron chi connectivity index (χ2n) is 3.82. The first-order valence-corrected chi connectivity index (χ1v) is 6.34. The fourth-order valence-corrected chi connectivity index (χ4v) is 2.49. The quantitative estimate of drug-likeness (QED) is 0.676. The number of thioether (sulfide) groups is 1. The zero-order chi connectivity index (χ0) is 13.0. The van der Waals surface area contributed by atoms with Crippen LogP contribution < -0.4 is 5.73 Å². The summed E-state index contributed by atoms with van der Waals surface area (Å²) >= 11 is 1.49. The van der Waals surface area contributed by atoms with Gasteiger partial charge in [0.1, 0.15) is 5.82 Å². The molecule has 0 unspecified atom stereocenters. The summed E-state index contributed by atoms with van der Waals surface area (Å²) in [6.45, 7) is 0. The Hall–Kier alpha value is -1.99. The minimum absolute atomic E-state index is 0.330. The predicted molar refractivity (Wildman–Crippen MR) is 71.5 cm³/mol. The van der Waals surface area contributed by atoms with Gasteiger partial charge in [0.2, 0.25) is 0 Å². The number of anilines is 1. The van der Waals surface area contributed by atoms with Crippen molar-refractivity contribution in [3.63, 3.8) is 0 Å². The number of nitrogens with two attached hydrogens (primary N) is 1. The van der Waals surface area contributed by atoms with Crippen LogP contribution in [0.5, 0.6) is 0 Å². The number of benzene rings is 2. The molecule has 0 aliphatic carbocycles. The first kappa shape index (κ1) is 12.5. The maximum Gasteiger partial charge on any atom is 0.126 e. The molecule has 0 spiro atoms. The molecular weight excluding hydrogens is 247 g/mol. The van der Waals surface area contributed by atoms with E-state index in [2.05, 4.69) is 6.07 Å². The van der Waals surface area contributed by atoms with Gasteiger partial charge in [-0.15, -0.1) is 11.8 Å².